The zero-order chi connectivity index (χ0) is 15.7. The van der Waals surface area contributed by atoms with Crippen LogP contribution in [0.1, 0.15) is 25.7 Å². The molecule has 0 aromatic carbocycles. The van der Waals surface area contributed by atoms with Gasteiger partial charge in [-0.3, -0.25) is 13.9 Å². The fourth-order valence-electron chi connectivity index (χ4n) is 3.21. The van der Waals surface area contributed by atoms with Gasteiger partial charge >= 0.3 is 5.69 Å². The van der Waals surface area contributed by atoms with Crippen molar-refractivity contribution in [1.82, 2.24) is 23.6 Å². The standard InChI is InChI=1S/C15H23N5O2/c1-17-13-12(14(21)18(2)15(17)22)20(11-16-13)10-6-9-19-7-4-3-5-8-19/h11H,3-10H2,1-2H3. The van der Waals surface area contributed by atoms with Crippen molar-refractivity contribution < 1.29 is 0 Å². The summed E-state index contributed by atoms with van der Waals surface area (Å²) in [6.07, 6.45) is 6.57. The Bertz CT molecular complexity index is 780. The molecule has 7 nitrogen and oxygen atoms in total. The fourth-order valence-corrected chi connectivity index (χ4v) is 3.21. The molecule has 1 aliphatic heterocycles. The molecule has 0 N–H and O–H groups in total. The minimum atomic E-state index is -0.337. The first-order valence-electron chi connectivity index (χ1n) is 7.93. The third-order valence-corrected chi connectivity index (χ3v) is 4.54. The van der Waals surface area contributed by atoms with Crippen LogP contribution in [0.3, 0.4) is 0 Å². The third kappa shape index (κ3) is 2.61. The Morgan fingerprint density at radius 3 is 2.50 bits per heavy atom. The summed E-state index contributed by atoms with van der Waals surface area (Å²) in [5.74, 6) is 0. The van der Waals surface area contributed by atoms with Crippen molar-refractivity contribution in [2.75, 3.05) is 19.6 Å². The van der Waals surface area contributed by atoms with E-state index in [0.29, 0.717) is 11.2 Å². The quantitative estimate of drug-likeness (QED) is 0.815. The number of rotatable bonds is 4. The molecule has 2 aromatic heterocycles. The molecule has 0 radical (unpaired) electrons. The Labute approximate surface area is 128 Å². The number of likely N-dealkylation sites (tertiary alicyclic amines) is 1. The van der Waals surface area contributed by atoms with Crippen LogP contribution in [-0.2, 0) is 20.6 Å². The lowest BCUT2D eigenvalue weighted by Gasteiger charge is -2.26. The van der Waals surface area contributed by atoms with Crippen LogP contribution in [0.25, 0.3) is 11.2 Å². The molecule has 3 rings (SSSR count). The van der Waals surface area contributed by atoms with Gasteiger partial charge < -0.3 is 9.47 Å². The van der Waals surface area contributed by atoms with Crippen LogP contribution >= 0.6 is 0 Å². The first kappa shape index (κ1) is 15.0. The summed E-state index contributed by atoms with van der Waals surface area (Å²) >= 11 is 0. The summed E-state index contributed by atoms with van der Waals surface area (Å²) in [5, 5.41) is 0. The Balaban J connectivity index is 1.80. The van der Waals surface area contributed by atoms with Crippen molar-refractivity contribution in [2.24, 2.45) is 14.1 Å². The van der Waals surface area contributed by atoms with Crippen molar-refractivity contribution in [1.29, 1.82) is 0 Å². The van der Waals surface area contributed by atoms with E-state index >= 15 is 0 Å². The molecule has 0 amide bonds. The van der Waals surface area contributed by atoms with E-state index < -0.39 is 0 Å². The number of aryl methyl sites for hydroxylation is 2. The molecule has 0 atom stereocenters. The molecule has 0 spiro atoms. The molecule has 0 unspecified atom stereocenters. The maximum atomic E-state index is 12.3. The number of piperidine rings is 1. The lowest BCUT2D eigenvalue weighted by atomic mass is 10.1. The molecule has 0 bridgehead atoms. The van der Waals surface area contributed by atoms with Crippen molar-refractivity contribution in [3.05, 3.63) is 27.2 Å². The molecule has 3 heterocycles. The van der Waals surface area contributed by atoms with E-state index in [0.717, 1.165) is 24.1 Å². The van der Waals surface area contributed by atoms with Gasteiger partial charge in [-0.25, -0.2) is 9.78 Å². The van der Waals surface area contributed by atoms with Crippen LogP contribution in [0, 0.1) is 0 Å². The third-order valence-electron chi connectivity index (χ3n) is 4.54. The van der Waals surface area contributed by atoms with Gasteiger partial charge in [0, 0.05) is 20.6 Å². The smallest absolute Gasteiger partial charge is 0.325 e. The number of hydrogen-bond acceptors (Lipinski definition) is 4. The predicted octanol–water partition coefficient (Wildman–Crippen LogP) is 0.310. The highest BCUT2D eigenvalue weighted by molar-refractivity contribution is 5.69. The molecule has 22 heavy (non-hydrogen) atoms. The van der Waals surface area contributed by atoms with E-state index in [-0.39, 0.29) is 11.2 Å². The molecule has 1 fully saturated rings. The fraction of sp³-hybridized carbons (Fsp3) is 0.667. The van der Waals surface area contributed by atoms with Gasteiger partial charge in [0.25, 0.3) is 5.56 Å². The second kappa shape index (κ2) is 6.08. The monoisotopic (exact) mass is 305 g/mol. The van der Waals surface area contributed by atoms with E-state index in [1.807, 2.05) is 4.57 Å². The average molecular weight is 305 g/mol. The first-order chi connectivity index (χ1) is 10.6. The molecule has 1 aliphatic rings. The molecule has 1 saturated heterocycles. The van der Waals surface area contributed by atoms with Gasteiger partial charge in [0.2, 0.25) is 0 Å². The van der Waals surface area contributed by atoms with Gasteiger partial charge in [0.05, 0.1) is 6.33 Å². The van der Waals surface area contributed by atoms with Gasteiger partial charge in [-0.1, -0.05) is 6.42 Å². The summed E-state index contributed by atoms with van der Waals surface area (Å²) in [7, 11) is 3.16. The number of fused-ring (bicyclic) bond motifs is 1. The molecule has 2 aromatic rings. The van der Waals surface area contributed by atoms with Crippen LogP contribution in [0.5, 0.6) is 0 Å². The summed E-state index contributed by atoms with van der Waals surface area (Å²) in [4.78, 5) is 31.0. The van der Waals surface area contributed by atoms with Crippen molar-refractivity contribution in [3.8, 4) is 0 Å². The molecule has 0 saturated carbocycles. The van der Waals surface area contributed by atoms with Crippen LogP contribution in [-0.4, -0.2) is 43.2 Å². The van der Waals surface area contributed by atoms with Gasteiger partial charge in [-0.05, 0) is 38.9 Å². The van der Waals surface area contributed by atoms with E-state index in [2.05, 4.69) is 9.88 Å². The molecular weight excluding hydrogens is 282 g/mol. The summed E-state index contributed by atoms with van der Waals surface area (Å²) < 4.78 is 4.45. The summed E-state index contributed by atoms with van der Waals surface area (Å²) in [5.41, 5.74) is 0.374. The Kier molecular flexibility index (Phi) is 4.15. The highest BCUT2D eigenvalue weighted by atomic mass is 16.2. The van der Waals surface area contributed by atoms with E-state index in [1.165, 1.54) is 44.0 Å². The highest BCUT2D eigenvalue weighted by Crippen LogP contribution is 2.10. The van der Waals surface area contributed by atoms with Crippen molar-refractivity contribution >= 4 is 11.2 Å². The molecule has 120 valence electrons. The summed E-state index contributed by atoms with van der Waals surface area (Å²) in [6, 6.07) is 0. The normalized spacial score (nSPS) is 16.5. The number of nitrogens with zero attached hydrogens (tertiary/aromatic N) is 5. The lowest BCUT2D eigenvalue weighted by molar-refractivity contribution is 0.223. The number of aromatic nitrogens is 4. The second-order valence-corrected chi connectivity index (χ2v) is 6.07. The largest absolute Gasteiger partial charge is 0.332 e. The molecular formula is C15H23N5O2. The Hall–Kier alpha value is -1.89. The van der Waals surface area contributed by atoms with Gasteiger partial charge in [-0.15, -0.1) is 0 Å². The van der Waals surface area contributed by atoms with E-state index in [4.69, 9.17) is 0 Å². The predicted molar refractivity (Wildman–Crippen MR) is 85.1 cm³/mol. The Morgan fingerprint density at radius 2 is 1.77 bits per heavy atom. The minimum Gasteiger partial charge on any atom is -0.325 e. The number of imidazole rings is 1. The van der Waals surface area contributed by atoms with Crippen molar-refractivity contribution in [3.63, 3.8) is 0 Å². The van der Waals surface area contributed by atoms with Crippen molar-refractivity contribution in [2.45, 2.75) is 32.2 Å². The van der Waals surface area contributed by atoms with E-state index in [1.54, 1.807) is 13.4 Å². The van der Waals surface area contributed by atoms with Gasteiger partial charge in [0.15, 0.2) is 11.2 Å². The SMILES string of the molecule is Cn1c(=O)c2c(ncn2CCCN2CCCCC2)n(C)c1=O. The number of hydrogen-bond donors (Lipinski definition) is 0. The van der Waals surface area contributed by atoms with E-state index in [9.17, 15) is 9.59 Å². The van der Waals surface area contributed by atoms with Gasteiger partial charge in [-0.2, -0.15) is 0 Å². The van der Waals surface area contributed by atoms with Crippen LogP contribution in [0.2, 0.25) is 0 Å². The maximum absolute atomic E-state index is 12.3. The van der Waals surface area contributed by atoms with Gasteiger partial charge in [0.1, 0.15) is 0 Å². The Morgan fingerprint density at radius 1 is 1.05 bits per heavy atom. The molecule has 0 aliphatic carbocycles. The zero-order valence-corrected chi connectivity index (χ0v) is 13.3. The second-order valence-electron chi connectivity index (χ2n) is 6.07. The minimum absolute atomic E-state index is 0.270. The maximum Gasteiger partial charge on any atom is 0.332 e. The topological polar surface area (TPSA) is 65.1 Å². The first-order valence-corrected chi connectivity index (χ1v) is 7.93. The summed E-state index contributed by atoms with van der Waals surface area (Å²) in [6.45, 7) is 4.16. The van der Waals surface area contributed by atoms with Crippen LogP contribution in [0.4, 0.5) is 0 Å². The van der Waals surface area contributed by atoms with Crippen LogP contribution in [0.15, 0.2) is 15.9 Å². The lowest BCUT2D eigenvalue weighted by Crippen LogP contribution is -2.37. The average Bonchev–Trinajstić information content (AvgIpc) is 2.96. The van der Waals surface area contributed by atoms with Crippen LogP contribution < -0.4 is 11.2 Å². The molecule has 7 heteroatoms. The highest BCUT2D eigenvalue weighted by Gasteiger charge is 2.14. The zero-order valence-electron chi connectivity index (χ0n) is 13.3.